The Morgan fingerprint density at radius 3 is 2.51 bits per heavy atom. The standard InChI is InChI=1S/C29H24N4O2/c1-19-8-7-9-21(14-19)17-33-28(34)26(31-29(33)35)15-25-20(2)32(27-13-6-5-12-24(25)27)18-23-11-4-3-10-22(23)16-30/h3-15H,17-18H2,1-2H3,(H,31,35)/b26-15+. The van der Waals surface area contributed by atoms with Crippen LogP contribution in [0.4, 0.5) is 4.79 Å². The molecule has 0 spiro atoms. The number of aromatic nitrogens is 1. The van der Waals surface area contributed by atoms with E-state index >= 15 is 0 Å². The maximum absolute atomic E-state index is 13.2. The first kappa shape index (κ1) is 22.2. The highest BCUT2D eigenvalue weighted by atomic mass is 16.2. The van der Waals surface area contributed by atoms with Crippen molar-refractivity contribution in [3.8, 4) is 6.07 Å². The number of nitrogens with zero attached hydrogens (tertiary/aromatic N) is 3. The number of amides is 3. The molecule has 1 N–H and O–H groups in total. The minimum absolute atomic E-state index is 0.218. The Balaban J connectivity index is 1.52. The van der Waals surface area contributed by atoms with Gasteiger partial charge in [-0.1, -0.05) is 66.2 Å². The molecule has 3 aromatic carbocycles. The second-order valence-electron chi connectivity index (χ2n) is 8.74. The zero-order valence-electron chi connectivity index (χ0n) is 19.6. The molecule has 1 saturated heterocycles. The number of hydrogen-bond donors (Lipinski definition) is 1. The van der Waals surface area contributed by atoms with Gasteiger partial charge in [0.25, 0.3) is 5.91 Å². The van der Waals surface area contributed by atoms with Crippen LogP contribution in [-0.2, 0) is 17.9 Å². The Bertz CT molecular complexity index is 1550. The second-order valence-corrected chi connectivity index (χ2v) is 8.74. The number of aryl methyl sites for hydroxylation is 1. The number of hydrogen-bond acceptors (Lipinski definition) is 3. The van der Waals surface area contributed by atoms with E-state index in [2.05, 4.69) is 16.0 Å². The van der Waals surface area contributed by atoms with Crippen molar-refractivity contribution in [1.29, 1.82) is 5.26 Å². The lowest BCUT2D eigenvalue weighted by atomic mass is 10.1. The lowest BCUT2D eigenvalue weighted by Crippen LogP contribution is -2.30. The van der Waals surface area contributed by atoms with Crippen molar-refractivity contribution in [3.63, 3.8) is 0 Å². The van der Waals surface area contributed by atoms with Crippen LogP contribution in [0.3, 0.4) is 0 Å². The van der Waals surface area contributed by atoms with Gasteiger partial charge in [0.1, 0.15) is 5.70 Å². The smallest absolute Gasteiger partial charge is 0.329 e. The summed E-state index contributed by atoms with van der Waals surface area (Å²) in [6.07, 6.45) is 1.76. The van der Waals surface area contributed by atoms with Crippen molar-refractivity contribution in [2.75, 3.05) is 0 Å². The fourth-order valence-electron chi connectivity index (χ4n) is 4.63. The summed E-state index contributed by atoms with van der Waals surface area (Å²) in [6.45, 7) is 4.72. The molecule has 0 radical (unpaired) electrons. The van der Waals surface area contributed by atoms with Crippen LogP contribution >= 0.6 is 0 Å². The van der Waals surface area contributed by atoms with Crippen molar-refractivity contribution < 1.29 is 9.59 Å². The van der Waals surface area contributed by atoms with E-state index in [-0.39, 0.29) is 18.1 Å². The van der Waals surface area contributed by atoms with E-state index in [0.29, 0.717) is 12.1 Å². The van der Waals surface area contributed by atoms with Gasteiger partial charge in [-0.05, 0) is 43.2 Å². The first-order valence-corrected chi connectivity index (χ1v) is 11.4. The third-order valence-corrected chi connectivity index (χ3v) is 6.42. The molecule has 4 aromatic rings. The molecule has 5 rings (SSSR count). The molecule has 6 nitrogen and oxygen atoms in total. The van der Waals surface area contributed by atoms with E-state index in [0.717, 1.165) is 38.9 Å². The largest absolute Gasteiger partial charge is 0.340 e. The fourth-order valence-corrected chi connectivity index (χ4v) is 4.63. The van der Waals surface area contributed by atoms with Crippen LogP contribution in [0.5, 0.6) is 0 Å². The SMILES string of the molecule is Cc1cccc(CN2C(=O)N/C(=C/c3c(C)n(Cc4ccccc4C#N)c4ccccc34)C2=O)c1. The molecule has 0 atom stereocenters. The van der Waals surface area contributed by atoms with E-state index < -0.39 is 6.03 Å². The maximum atomic E-state index is 13.2. The van der Waals surface area contributed by atoms with Crippen LogP contribution in [0.25, 0.3) is 17.0 Å². The minimum Gasteiger partial charge on any atom is -0.340 e. The van der Waals surface area contributed by atoms with Gasteiger partial charge in [-0.25, -0.2) is 4.79 Å². The van der Waals surface area contributed by atoms with Gasteiger partial charge in [-0.2, -0.15) is 5.26 Å². The molecule has 35 heavy (non-hydrogen) atoms. The van der Waals surface area contributed by atoms with E-state index in [1.54, 1.807) is 6.08 Å². The summed E-state index contributed by atoms with van der Waals surface area (Å²) in [4.78, 5) is 27.1. The molecule has 6 heteroatoms. The summed E-state index contributed by atoms with van der Waals surface area (Å²) in [5.74, 6) is -0.345. The molecular weight excluding hydrogens is 436 g/mol. The van der Waals surface area contributed by atoms with Crippen molar-refractivity contribution >= 4 is 28.9 Å². The Hall–Kier alpha value is -4.63. The number of para-hydroxylation sites is 1. The maximum Gasteiger partial charge on any atom is 0.329 e. The van der Waals surface area contributed by atoms with E-state index in [9.17, 15) is 14.9 Å². The number of carbonyl (C=O) groups excluding carboxylic acids is 2. The summed E-state index contributed by atoms with van der Waals surface area (Å²) in [5, 5.41) is 13.3. The van der Waals surface area contributed by atoms with Crippen molar-refractivity contribution in [2.24, 2.45) is 0 Å². The lowest BCUT2D eigenvalue weighted by Gasteiger charge is -2.12. The summed E-state index contributed by atoms with van der Waals surface area (Å²) in [5.41, 5.74) is 6.61. The number of carbonyl (C=O) groups is 2. The third-order valence-electron chi connectivity index (χ3n) is 6.42. The van der Waals surface area contributed by atoms with Gasteiger partial charge in [0.15, 0.2) is 0 Å². The Kier molecular flexibility index (Phi) is 5.68. The van der Waals surface area contributed by atoms with E-state index in [4.69, 9.17) is 0 Å². The van der Waals surface area contributed by atoms with Gasteiger partial charge < -0.3 is 9.88 Å². The van der Waals surface area contributed by atoms with Gasteiger partial charge in [0.05, 0.1) is 18.2 Å². The Morgan fingerprint density at radius 2 is 1.71 bits per heavy atom. The first-order chi connectivity index (χ1) is 17.0. The van der Waals surface area contributed by atoms with Gasteiger partial charge in [0, 0.05) is 28.7 Å². The fraction of sp³-hybridized carbons (Fsp3) is 0.138. The van der Waals surface area contributed by atoms with Gasteiger partial charge in [-0.3, -0.25) is 9.69 Å². The molecule has 0 bridgehead atoms. The molecule has 172 valence electrons. The highest BCUT2D eigenvalue weighted by Crippen LogP contribution is 2.30. The summed E-state index contributed by atoms with van der Waals surface area (Å²) in [7, 11) is 0. The van der Waals surface area contributed by atoms with Gasteiger partial charge in [0.2, 0.25) is 0 Å². The molecule has 0 aliphatic carbocycles. The molecule has 3 amide bonds. The van der Waals surface area contributed by atoms with Crippen LogP contribution in [0, 0.1) is 25.2 Å². The van der Waals surface area contributed by atoms with Gasteiger partial charge >= 0.3 is 6.03 Å². The summed E-state index contributed by atoms with van der Waals surface area (Å²) >= 11 is 0. The van der Waals surface area contributed by atoms with Crippen LogP contribution in [0.2, 0.25) is 0 Å². The average molecular weight is 461 g/mol. The zero-order valence-corrected chi connectivity index (χ0v) is 19.6. The number of urea groups is 1. The third kappa shape index (κ3) is 4.09. The second kappa shape index (κ2) is 8.96. The number of benzene rings is 3. The van der Waals surface area contributed by atoms with E-state index in [1.807, 2.05) is 86.6 Å². The predicted octanol–water partition coefficient (Wildman–Crippen LogP) is 5.27. The molecule has 0 saturated carbocycles. The summed E-state index contributed by atoms with van der Waals surface area (Å²) < 4.78 is 2.14. The number of nitriles is 1. The quantitative estimate of drug-likeness (QED) is 0.325. The Morgan fingerprint density at radius 1 is 0.943 bits per heavy atom. The van der Waals surface area contributed by atoms with Crippen LogP contribution in [-0.4, -0.2) is 21.4 Å². The highest BCUT2D eigenvalue weighted by molar-refractivity contribution is 6.14. The minimum atomic E-state index is -0.424. The number of imide groups is 1. The molecular formula is C29H24N4O2. The Labute approximate surface area is 203 Å². The van der Waals surface area contributed by atoms with Crippen LogP contribution in [0.15, 0.2) is 78.5 Å². The average Bonchev–Trinajstić information content (AvgIpc) is 3.27. The molecule has 2 heterocycles. The highest BCUT2D eigenvalue weighted by Gasteiger charge is 2.34. The topological polar surface area (TPSA) is 78.1 Å². The predicted molar refractivity (Wildman–Crippen MR) is 135 cm³/mol. The normalized spacial score (nSPS) is 14.5. The van der Waals surface area contributed by atoms with Gasteiger partial charge in [-0.15, -0.1) is 0 Å². The molecule has 1 aliphatic heterocycles. The monoisotopic (exact) mass is 460 g/mol. The first-order valence-electron chi connectivity index (χ1n) is 11.4. The van der Waals surface area contributed by atoms with Crippen molar-refractivity contribution in [3.05, 3.63) is 112 Å². The van der Waals surface area contributed by atoms with Crippen LogP contribution in [0.1, 0.15) is 33.5 Å². The molecule has 1 aliphatic rings. The molecule has 1 aromatic heterocycles. The van der Waals surface area contributed by atoms with E-state index in [1.165, 1.54) is 4.90 Å². The van der Waals surface area contributed by atoms with Crippen molar-refractivity contribution in [1.82, 2.24) is 14.8 Å². The number of nitrogens with one attached hydrogen (secondary N) is 1. The lowest BCUT2D eigenvalue weighted by molar-refractivity contribution is -0.123. The van der Waals surface area contributed by atoms with Crippen molar-refractivity contribution in [2.45, 2.75) is 26.9 Å². The molecule has 0 unspecified atom stereocenters. The number of rotatable bonds is 5. The molecule has 1 fully saturated rings. The zero-order chi connectivity index (χ0) is 24.5. The van der Waals surface area contributed by atoms with Crippen LogP contribution < -0.4 is 5.32 Å². The number of fused-ring (bicyclic) bond motifs is 1. The summed E-state index contributed by atoms with van der Waals surface area (Å²) in [6, 6.07) is 25.1.